The van der Waals surface area contributed by atoms with Gasteiger partial charge in [-0.2, -0.15) is 0 Å². The quantitative estimate of drug-likeness (QED) is 0.823. The number of hydrogen-bond acceptors (Lipinski definition) is 5. The van der Waals surface area contributed by atoms with Crippen LogP contribution in [-0.2, 0) is 14.2 Å². The van der Waals surface area contributed by atoms with Crippen molar-refractivity contribution in [1.82, 2.24) is 4.90 Å². The summed E-state index contributed by atoms with van der Waals surface area (Å²) in [6, 6.07) is 3.93. The van der Waals surface area contributed by atoms with Crippen LogP contribution < -0.4 is 0 Å². The normalized spacial score (nSPS) is 26.6. The van der Waals surface area contributed by atoms with Crippen molar-refractivity contribution in [1.29, 1.82) is 0 Å². The molecule has 0 radical (unpaired) electrons. The van der Waals surface area contributed by atoms with Gasteiger partial charge in [0, 0.05) is 37.7 Å². The zero-order valence-corrected chi connectivity index (χ0v) is 15.7. The topological polar surface area (TPSA) is 48.0 Å². The molecule has 6 heteroatoms. The molecular formula is C19H27NO4S. The van der Waals surface area contributed by atoms with Gasteiger partial charge in [-0.1, -0.05) is 0 Å². The lowest BCUT2D eigenvalue weighted by Crippen LogP contribution is -2.67. The molecule has 1 spiro atoms. The average molecular weight is 365 g/mol. The van der Waals surface area contributed by atoms with Crippen molar-refractivity contribution in [3.05, 3.63) is 21.9 Å². The Bertz CT molecular complexity index is 604. The molecule has 0 aromatic carbocycles. The average Bonchev–Trinajstić information content (AvgIpc) is 3.05. The molecular weight excluding hydrogens is 338 g/mol. The van der Waals surface area contributed by atoms with Crippen molar-refractivity contribution in [3.63, 3.8) is 0 Å². The van der Waals surface area contributed by atoms with E-state index >= 15 is 0 Å². The number of likely N-dealkylation sites (tertiary alicyclic amines) is 1. The van der Waals surface area contributed by atoms with Crippen LogP contribution in [0.1, 0.15) is 40.2 Å². The summed E-state index contributed by atoms with van der Waals surface area (Å²) >= 11 is 1.57. The van der Waals surface area contributed by atoms with Gasteiger partial charge in [0.2, 0.25) is 0 Å². The second-order valence-corrected chi connectivity index (χ2v) is 8.89. The van der Waals surface area contributed by atoms with E-state index in [4.69, 9.17) is 14.2 Å². The molecule has 0 N–H and O–H groups in total. The summed E-state index contributed by atoms with van der Waals surface area (Å²) < 4.78 is 17.7. The number of ether oxygens (including phenoxy) is 3. The van der Waals surface area contributed by atoms with Crippen LogP contribution in [0.4, 0.5) is 0 Å². The molecule has 3 fully saturated rings. The van der Waals surface area contributed by atoms with Gasteiger partial charge in [-0.05, 0) is 44.2 Å². The van der Waals surface area contributed by atoms with Crippen molar-refractivity contribution in [3.8, 4) is 0 Å². The predicted molar refractivity (Wildman–Crippen MR) is 96.2 cm³/mol. The third-order valence-electron chi connectivity index (χ3n) is 5.55. The lowest BCUT2D eigenvalue weighted by Gasteiger charge is -2.53. The third kappa shape index (κ3) is 3.92. The fourth-order valence-electron chi connectivity index (χ4n) is 4.03. The molecule has 4 rings (SSSR count). The summed E-state index contributed by atoms with van der Waals surface area (Å²) in [5.74, 6) is 0.770. The Hall–Kier alpha value is -0.950. The Morgan fingerprint density at radius 3 is 2.80 bits per heavy atom. The van der Waals surface area contributed by atoms with Crippen LogP contribution >= 0.6 is 11.3 Å². The van der Waals surface area contributed by atoms with E-state index in [9.17, 15) is 4.79 Å². The SMILES string of the molecule is Cc1ccc(C(=O)N2CC3(C[C@@H](OCC4CCOCC4)CCO3)C2)s1. The third-order valence-corrected chi connectivity index (χ3v) is 6.54. The van der Waals surface area contributed by atoms with Crippen molar-refractivity contribution < 1.29 is 19.0 Å². The molecule has 4 heterocycles. The second kappa shape index (κ2) is 7.35. The second-order valence-electron chi connectivity index (χ2n) is 7.61. The number of amides is 1. The molecule has 3 aliphatic rings. The molecule has 3 saturated heterocycles. The molecule has 0 saturated carbocycles. The van der Waals surface area contributed by atoms with Gasteiger partial charge in [-0.25, -0.2) is 0 Å². The van der Waals surface area contributed by atoms with E-state index in [-0.39, 0.29) is 17.6 Å². The van der Waals surface area contributed by atoms with E-state index < -0.39 is 0 Å². The first-order chi connectivity index (χ1) is 12.1. The minimum absolute atomic E-state index is 0.137. The number of aryl methyl sites for hydroxylation is 1. The van der Waals surface area contributed by atoms with E-state index in [0.29, 0.717) is 19.0 Å². The maximum absolute atomic E-state index is 12.5. The van der Waals surface area contributed by atoms with E-state index in [0.717, 1.165) is 57.0 Å². The molecule has 1 amide bonds. The molecule has 0 bridgehead atoms. The highest BCUT2D eigenvalue weighted by Crippen LogP contribution is 2.37. The van der Waals surface area contributed by atoms with Crippen LogP contribution in [0.2, 0.25) is 0 Å². The number of carbonyl (C=O) groups is 1. The number of nitrogens with zero attached hydrogens (tertiary/aromatic N) is 1. The van der Waals surface area contributed by atoms with Gasteiger partial charge < -0.3 is 19.1 Å². The molecule has 5 nitrogen and oxygen atoms in total. The van der Waals surface area contributed by atoms with Crippen LogP contribution in [0.15, 0.2) is 12.1 Å². The highest BCUT2D eigenvalue weighted by molar-refractivity contribution is 7.13. The Morgan fingerprint density at radius 2 is 2.08 bits per heavy atom. The highest BCUT2D eigenvalue weighted by atomic mass is 32.1. The fourth-order valence-corrected chi connectivity index (χ4v) is 4.86. The van der Waals surface area contributed by atoms with Crippen LogP contribution in [0, 0.1) is 12.8 Å². The molecule has 25 heavy (non-hydrogen) atoms. The van der Waals surface area contributed by atoms with Gasteiger partial charge in [0.15, 0.2) is 0 Å². The van der Waals surface area contributed by atoms with E-state index in [1.165, 1.54) is 4.88 Å². The molecule has 138 valence electrons. The van der Waals surface area contributed by atoms with Crippen LogP contribution in [0.3, 0.4) is 0 Å². The summed E-state index contributed by atoms with van der Waals surface area (Å²) in [5.41, 5.74) is -0.180. The zero-order chi connectivity index (χ0) is 17.3. The lowest BCUT2D eigenvalue weighted by atomic mass is 9.84. The van der Waals surface area contributed by atoms with Gasteiger partial charge >= 0.3 is 0 Å². The first-order valence-corrected chi connectivity index (χ1v) is 10.1. The van der Waals surface area contributed by atoms with Crippen LogP contribution in [-0.4, -0.2) is 62.0 Å². The number of rotatable bonds is 4. The zero-order valence-electron chi connectivity index (χ0n) is 14.9. The van der Waals surface area contributed by atoms with Crippen LogP contribution in [0.5, 0.6) is 0 Å². The van der Waals surface area contributed by atoms with Gasteiger partial charge in [0.1, 0.15) is 5.60 Å². The molecule has 1 aromatic rings. The first-order valence-electron chi connectivity index (χ1n) is 9.33. The van der Waals surface area contributed by atoms with Crippen molar-refractivity contribution in [2.45, 2.75) is 44.3 Å². The van der Waals surface area contributed by atoms with Crippen molar-refractivity contribution in [2.75, 3.05) is 39.5 Å². The Labute approximate surface area is 153 Å². The first kappa shape index (κ1) is 17.5. The van der Waals surface area contributed by atoms with Gasteiger partial charge in [-0.3, -0.25) is 4.79 Å². The number of hydrogen-bond donors (Lipinski definition) is 0. The number of thiophene rings is 1. The van der Waals surface area contributed by atoms with E-state index in [1.807, 2.05) is 24.0 Å². The smallest absolute Gasteiger partial charge is 0.264 e. The highest BCUT2D eigenvalue weighted by Gasteiger charge is 2.49. The minimum atomic E-state index is -0.180. The summed E-state index contributed by atoms with van der Waals surface area (Å²) in [5, 5.41) is 0. The molecule has 1 atom stereocenters. The summed E-state index contributed by atoms with van der Waals surface area (Å²) in [7, 11) is 0. The summed E-state index contributed by atoms with van der Waals surface area (Å²) in [6.45, 7) is 6.72. The van der Waals surface area contributed by atoms with Crippen molar-refractivity contribution >= 4 is 17.2 Å². The summed E-state index contributed by atoms with van der Waals surface area (Å²) in [6.07, 6.45) is 4.35. The number of carbonyl (C=O) groups excluding carboxylic acids is 1. The largest absolute Gasteiger partial charge is 0.381 e. The van der Waals surface area contributed by atoms with E-state index in [2.05, 4.69) is 0 Å². The molecule has 1 aromatic heterocycles. The minimum Gasteiger partial charge on any atom is -0.381 e. The monoisotopic (exact) mass is 365 g/mol. The van der Waals surface area contributed by atoms with Gasteiger partial charge in [0.05, 0.1) is 24.1 Å². The Balaban J connectivity index is 1.26. The molecule has 0 unspecified atom stereocenters. The van der Waals surface area contributed by atoms with Crippen molar-refractivity contribution in [2.24, 2.45) is 5.92 Å². The van der Waals surface area contributed by atoms with Gasteiger partial charge in [0.25, 0.3) is 5.91 Å². The Kier molecular flexibility index (Phi) is 5.13. The van der Waals surface area contributed by atoms with Crippen LogP contribution in [0.25, 0.3) is 0 Å². The fraction of sp³-hybridized carbons (Fsp3) is 0.737. The van der Waals surface area contributed by atoms with E-state index in [1.54, 1.807) is 11.3 Å². The Morgan fingerprint density at radius 1 is 1.28 bits per heavy atom. The predicted octanol–water partition coefficient (Wildman–Crippen LogP) is 2.87. The maximum atomic E-state index is 12.5. The lowest BCUT2D eigenvalue weighted by molar-refractivity contribution is -0.188. The maximum Gasteiger partial charge on any atom is 0.264 e. The standard InChI is InChI=1S/C19H27NO4S/c1-14-2-3-17(25-14)18(21)20-12-19(13-20)10-16(6-9-24-19)23-11-15-4-7-22-8-5-15/h2-3,15-16H,4-13H2,1H3/t16-/m0/s1. The van der Waals surface area contributed by atoms with Gasteiger partial charge in [-0.15, -0.1) is 11.3 Å². The molecule has 3 aliphatic heterocycles. The molecule has 0 aliphatic carbocycles. The summed E-state index contributed by atoms with van der Waals surface area (Å²) in [4.78, 5) is 16.4.